The fourth-order valence-corrected chi connectivity index (χ4v) is 3.52. The van der Waals surface area contributed by atoms with Crippen LogP contribution in [0.25, 0.3) is 22.4 Å². The van der Waals surface area contributed by atoms with E-state index < -0.39 is 5.97 Å². The van der Waals surface area contributed by atoms with E-state index in [1.54, 1.807) is 34.9 Å². The Balaban J connectivity index is 1.33. The van der Waals surface area contributed by atoms with E-state index in [0.717, 1.165) is 11.1 Å². The van der Waals surface area contributed by atoms with Gasteiger partial charge in [0, 0.05) is 31.7 Å². The number of rotatable bonds is 5. The minimum absolute atomic E-state index is 0.296. The number of aromatic nitrogens is 2. The Morgan fingerprint density at radius 3 is 2.41 bits per heavy atom. The van der Waals surface area contributed by atoms with Crippen LogP contribution in [-0.4, -0.2) is 77.1 Å². The maximum absolute atomic E-state index is 12.5. The van der Waals surface area contributed by atoms with Gasteiger partial charge in [0.15, 0.2) is 6.61 Å². The van der Waals surface area contributed by atoms with Crippen LogP contribution in [-0.2, 0) is 14.3 Å². The van der Waals surface area contributed by atoms with Gasteiger partial charge in [-0.3, -0.25) is 4.79 Å². The zero-order chi connectivity index (χ0) is 22.5. The van der Waals surface area contributed by atoms with Crippen LogP contribution in [0.4, 0.5) is 4.79 Å². The second-order valence-corrected chi connectivity index (χ2v) is 7.33. The molecular weight excluding hydrogens is 412 g/mol. The molecule has 0 radical (unpaired) electrons. The maximum atomic E-state index is 12.5. The standard InChI is InChI=1S/C23H24N4O5/c1-2-31-23(30)27-12-10-26(11-13-27)20(28)15-32-22(29)17-8-9-18-19(14-17)25-21(24-18)16-6-4-3-5-7-16/h3-9,14H,2,10-13,15H2,1H3,(H,24,25). The first-order valence-electron chi connectivity index (χ1n) is 10.5. The molecule has 1 aromatic heterocycles. The zero-order valence-corrected chi connectivity index (χ0v) is 17.7. The molecule has 2 amide bonds. The number of imidazole rings is 1. The largest absolute Gasteiger partial charge is 0.452 e. The Hall–Kier alpha value is -3.88. The minimum atomic E-state index is -0.582. The summed E-state index contributed by atoms with van der Waals surface area (Å²) in [6.45, 7) is 3.23. The molecule has 1 aliphatic rings. The number of benzene rings is 2. The number of carbonyl (C=O) groups excluding carboxylic acids is 3. The summed E-state index contributed by atoms with van der Waals surface area (Å²) in [6, 6.07) is 14.7. The molecule has 0 bridgehead atoms. The number of fused-ring (bicyclic) bond motifs is 1. The summed E-state index contributed by atoms with van der Waals surface area (Å²) in [5.41, 5.74) is 2.72. The number of hydrogen-bond donors (Lipinski definition) is 1. The van der Waals surface area contributed by atoms with Crippen molar-refractivity contribution in [3.8, 4) is 11.4 Å². The van der Waals surface area contributed by atoms with Gasteiger partial charge in [-0.1, -0.05) is 30.3 Å². The molecule has 0 unspecified atom stereocenters. The molecule has 0 spiro atoms. The van der Waals surface area contributed by atoms with E-state index in [9.17, 15) is 14.4 Å². The summed E-state index contributed by atoms with van der Waals surface area (Å²) < 4.78 is 10.2. The third-order valence-corrected chi connectivity index (χ3v) is 5.25. The Bertz CT molecular complexity index is 1120. The number of ether oxygens (including phenoxy) is 2. The highest BCUT2D eigenvalue weighted by Crippen LogP contribution is 2.21. The van der Waals surface area contributed by atoms with Crippen molar-refractivity contribution in [2.24, 2.45) is 0 Å². The van der Waals surface area contributed by atoms with E-state index in [0.29, 0.717) is 49.7 Å². The first-order chi connectivity index (χ1) is 15.5. The summed E-state index contributed by atoms with van der Waals surface area (Å²) in [7, 11) is 0. The first-order valence-corrected chi connectivity index (χ1v) is 10.5. The molecule has 166 valence electrons. The lowest BCUT2D eigenvalue weighted by molar-refractivity contribution is -0.136. The summed E-state index contributed by atoms with van der Waals surface area (Å²) in [6.07, 6.45) is -0.379. The van der Waals surface area contributed by atoms with Crippen LogP contribution in [0, 0.1) is 0 Å². The molecule has 4 rings (SSSR count). The molecule has 1 fully saturated rings. The molecule has 0 saturated carbocycles. The molecular formula is C23H24N4O5. The van der Waals surface area contributed by atoms with Crippen LogP contribution in [0.3, 0.4) is 0 Å². The van der Waals surface area contributed by atoms with Gasteiger partial charge in [0.2, 0.25) is 0 Å². The van der Waals surface area contributed by atoms with Crippen LogP contribution in [0.1, 0.15) is 17.3 Å². The quantitative estimate of drug-likeness (QED) is 0.617. The molecule has 0 atom stereocenters. The number of nitrogens with zero attached hydrogens (tertiary/aromatic N) is 3. The molecule has 0 aliphatic carbocycles. The van der Waals surface area contributed by atoms with Gasteiger partial charge in [0.05, 0.1) is 23.2 Å². The van der Waals surface area contributed by atoms with Crippen molar-refractivity contribution < 1.29 is 23.9 Å². The van der Waals surface area contributed by atoms with Crippen LogP contribution in [0.2, 0.25) is 0 Å². The van der Waals surface area contributed by atoms with Gasteiger partial charge in [-0.05, 0) is 25.1 Å². The van der Waals surface area contributed by atoms with Gasteiger partial charge in [-0.25, -0.2) is 14.6 Å². The Morgan fingerprint density at radius 2 is 1.69 bits per heavy atom. The van der Waals surface area contributed by atoms with Crippen LogP contribution in [0.5, 0.6) is 0 Å². The van der Waals surface area contributed by atoms with E-state index in [2.05, 4.69) is 9.97 Å². The van der Waals surface area contributed by atoms with Crippen molar-refractivity contribution in [3.05, 3.63) is 54.1 Å². The Labute approximate surface area is 184 Å². The second-order valence-electron chi connectivity index (χ2n) is 7.33. The molecule has 9 nitrogen and oxygen atoms in total. The average molecular weight is 436 g/mol. The molecule has 1 aliphatic heterocycles. The third kappa shape index (κ3) is 4.72. The highest BCUT2D eigenvalue weighted by molar-refractivity contribution is 5.95. The van der Waals surface area contributed by atoms with E-state index in [1.165, 1.54) is 0 Å². The van der Waals surface area contributed by atoms with Crippen molar-refractivity contribution >= 4 is 29.0 Å². The normalized spacial score (nSPS) is 13.8. The van der Waals surface area contributed by atoms with E-state index in [1.807, 2.05) is 30.3 Å². The summed E-state index contributed by atoms with van der Waals surface area (Å²) in [4.78, 5) is 47.5. The topological polar surface area (TPSA) is 105 Å². The molecule has 2 aromatic carbocycles. The van der Waals surface area contributed by atoms with Crippen molar-refractivity contribution in [1.82, 2.24) is 19.8 Å². The highest BCUT2D eigenvalue weighted by atomic mass is 16.6. The second kappa shape index (κ2) is 9.51. The van der Waals surface area contributed by atoms with Crippen molar-refractivity contribution in [2.75, 3.05) is 39.4 Å². The average Bonchev–Trinajstić information content (AvgIpc) is 3.26. The van der Waals surface area contributed by atoms with Gasteiger partial charge in [-0.15, -0.1) is 0 Å². The maximum Gasteiger partial charge on any atom is 0.409 e. The van der Waals surface area contributed by atoms with Crippen LogP contribution in [0.15, 0.2) is 48.5 Å². The minimum Gasteiger partial charge on any atom is -0.452 e. The Morgan fingerprint density at radius 1 is 0.969 bits per heavy atom. The number of nitrogens with one attached hydrogen (secondary N) is 1. The van der Waals surface area contributed by atoms with E-state index in [4.69, 9.17) is 9.47 Å². The highest BCUT2D eigenvalue weighted by Gasteiger charge is 2.25. The summed E-state index contributed by atoms with van der Waals surface area (Å²) in [5.74, 6) is -0.166. The lowest BCUT2D eigenvalue weighted by Gasteiger charge is -2.33. The van der Waals surface area contributed by atoms with Gasteiger partial charge in [-0.2, -0.15) is 0 Å². The fourth-order valence-electron chi connectivity index (χ4n) is 3.52. The number of amides is 2. The predicted octanol–water partition coefficient (Wildman–Crippen LogP) is 2.69. The smallest absolute Gasteiger partial charge is 0.409 e. The lowest BCUT2D eigenvalue weighted by Crippen LogP contribution is -2.51. The zero-order valence-electron chi connectivity index (χ0n) is 17.7. The molecule has 32 heavy (non-hydrogen) atoms. The van der Waals surface area contributed by atoms with Crippen LogP contribution >= 0.6 is 0 Å². The monoisotopic (exact) mass is 436 g/mol. The number of esters is 1. The van der Waals surface area contributed by atoms with Crippen molar-refractivity contribution in [3.63, 3.8) is 0 Å². The number of carbonyl (C=O) groups is 3. The van der Waals surface area contributed by atoms with Gasteiger partial charge in [0.25, 0.3) is 5.91 Å². The summed E-state index contributed by atoms with van der Waals surface area (Å²) >= 11 is 0. The third-order valence-electron chi connectivity index (χ3n) is 5.25. The number of hydrogen-bond acceptors (Lipinski definition) is 6. The van der Waals surface area contributed by atoms with E-state index in [-0.39, 0.29) is 18.6 Å². The van der Waals surface area contributed by atoms with Crippen molar-refractivity contribution in [2.45, 2.75) is 6.92 Å². The fraction of sp³-hybridized carbons (Fsp3) is 0.304. The molecule has 3 aromatic rings. The molecule has 1 saturated heterocycles. The summed E-state index contributed by atoms with van der Waals surface area (Å²) in [5, 5.41) is 0. The van der Waals surface area contributed by atoms with Crippen molar-refractivity contribution in [1.29, 1.82) is 0 Å². The van der Waals surface area contributed by atoms with Crippen LogP contribution < -0.4 is 0 Å². The molecule has 1 N–H and O–H groups in total. The number of H-pyrrole nitrogens is 1. The first kappa shape index (κ1) is 21.4. The van der Waals surface area contributed by atoms with E-state index >= 15 is 0 Å². The molecule has 2 heterocycles. The Kier molecular flexibility index (Phi) is 6.34. The number of aromatic amines is 1. The molecule has 9 heteroatoms. The van der Waals surface area contributed by atoms with Gasteiger partial charge < -0.3 is 24.3 Å². The SMILES string of the molecule is CCOC(=O)N1CCN(C(=O)COC(=O)c2ccc3nc(-c4ccccc4)[nH]c3c2)CC1. The predicted molar refractivity (Wildman–Crippen MR) is 117 cm³/mol. The van der Waals surface area contributed by atoms with Gasteiger partial charge >= 0.3 is 12.1 Å². The number of piperazine rings is 1. The lowest BCUT2D eigenvalue weighted by atomic mass is 10.2. The van der Waals surface area contributed by atoms with Gasteiger partial charge in [0.1, 0.15) is 5.82 Å².